The summed E-state index contributed by atoms with van der Waals surface area (Å²) in [6, 6.07) is 12.0. The number of fused-ring (bicyclic) bond motifs is 1. The second-order valence-electron chi connectivity index (χ2n) is 7.86. The summed E-state index contributed by atoms with van der Waals surface area (Å²) >= 11 is 0. The molecule has 0 spiro atoms. The Morgan fingerprint density at radius 2 is 2.15 bits per heavy atom. The molecule has 0 unspecified atom stereocenters. The molecule has 2 fully saturated rings. The molecule has 1 aromatic heterocycles. The first-order chi connectivity index (χ1) is 13.1. The summed E-state index contributed by atoms with van der Waals surface area (Å²) in [6.45, 7) is 7.74. The molecule has 2 saturated heterocycles. The van der Waals surface area contributed by atoms with Gasteiger partial charge in [-0.15, -0.1) is 0 Å². The Bertz CT molecular complexity index is 793. The van der Waals surface area contributed by atoms with Crippen molar-refractivity contribution in [2.45, 2.75) is 39.0 Å². The van der Waals surface area contributed by atoms with E-state index in [1.165, 1.54) is 5.56 Å². The Labute approximate surface area is 161 Å². The lowest BCUT2D eigenvalue weighted by atomic mass is 10.0. The number of likely N-dealkylation sites (tertiary alicyclic amines) is 2. The molecule has 2 atom stereocenters. The third-order valence-corrected chi connectivity index (χ3v) is 5.47. The first kappa shape index (κ1) is 18.0. The maximum Gasteiger partial charge on any atom is 0.254 e. The Morgan fingerprint density at radius 1 is 1.26 bits per heavy atom. The van der Waals surface area contributed by atoms with Crippen LogP contribution in [0.25, 0.3) is 0 Å². The van der Waals surface area contributed by atoms with Crippen LogP contribution in [-0.2, 0) is 6.54 Å². The smallest absolute Gasteiger partial charge is 0.254 e. The topological polar surface area (TPSA) is 45.7 Å². The van der Waals surface area contributed by atoms with Crippen LogP contribution in [0.1, 0.15) is 36.2 Å². The summed E-state index contributed by atoms with van der Waals surface area (Å²) in [5.74, 6) is 1.46. The monoisotopic (exact) mass is 365 g/mol. The molecule has 1 aromatic carbocycles. The maximum absolute atomic E-state index is 13.1. The number of hydrogen-bond donors (Lipinski definition) is 0. The number of rotatable bonds is 5. The average Bonchev–Trinajstić information content (AvgIpc) is 3.22. The van der Waals surface area contributed by atoms with Crippen LogP contribution in [-0.4, -0.2) is 52.5 Å². The van der Waals surface area contributed by atoms with Crippen LogP contribution in [0.5, 0.6) is 5.75 Å². The van der Waals surface area contributed by atoms with Gasteiger partial charge < -0.3 is 9.64 Å². The van der Waals surface area contributed by atoms with Crippen LogP contribution in [0.4, 0.5) is 0 Å². The fraction of sp³-hybridized carbons (Fsp3) is 0.455. The van der Waals surface area contributed by atoms with Crippen LogP contribution in [0.15, 0.2) is 48.8 Å². The molecule has 0 N–H and O–H groups in total. The van der Waals surface area contributed by atoms with E-state index >= 15 is 0 Å². The third-order valence-electron chi connectivity index (χ3n) is 5.47. The molecule has 0 saturated carbocycles. The molecule has 5 nitrogen and oxygen atoms in total. The van der Waals surface area contributed by atoms with E-state index in [-0.39, 0.29) is 12.0 Å². The fourth-order valence-electron chi connectivity index (χ4n) is 4.32. The molecule has 5 heteroatoms. The molecule has 2 aliphatic heterocycles. The Hall–Kier alpha value is -2.40. The highest BCUT2D eigenvalue weighted by atomic mass is 16.5. The van der Waals surface area contributed by atoms with E-state index in [2.05, 4.69) is 20.9 Å². The number of aromatic nitrogens is 1. The molecule has 142 valence electrons. The van der Waals surface area contributed by atoms with Gasteiger partial charge in [0, 0.05) is 50.2 Å². The van der Waals surface area contributed by atoms with Crippen molar-refractivity contribution in [2.24, 2.45) is 5.92 Å². The molecule has 0 radical (unpaired) electrons. The van der Waals surface area contributed by atoms with E-state index in [0.717, 1.165) is 43.9 Å². The number of carbonyl (C=O) groups is 1. The third kappa shape index (κ3) is 3.98. The van der Waals surface area contributed by atoms with Crippen LogP contribution >= 0.6 is 0 Å². The molecule has 3 heterocycles. The quantitative estimate of drug-likeness (QED) is 0.816. The van der Waals surface area contributed by atoms with Crippen molar-refractivity contribution in [3.63, 3.8) is 0 Å². The van der Waals surface area contributed by atoms with Crippen molar-refractivity contribution in [3.05, 3.63) is 59.9 Å². The maximum atomic E-state index is 13.1. The summed E-state index contributed by atoms with van der Waals surface area (Å²) in [5, 5.41) is 0. The van der Waals surface area contributed by atoms with Crippen LogP contribution in [0, 0.1) is 5.92 Å². The minimum absolute atomic E-state index is 0.0994. The Morgan fingerprint density at radius 3 is 2.93 bits per heavy atom. The zero-order valence-electron chi connectivity index (χ0n) is 16.0. The summed E-state index contributed by atoms with van der Waals surface area (Å²) in [6.07, 6.45) is 4.92. The van der Waals surface area contributed by atoms with E-state index in [0.29, 0.717) is 12.0 Å². The summed E-state index contributed by atoms with van der Waals surface area (Å²) in [7, 11) is 0. The van der Waals surface area contributed by atoms with Gasteiger partial charge in [-0.05, 0) is 56.0 Å². The van der Waals surface area contributed by atoms with Crippen LogP contribution in [0.3, 0.4) is 0 Å². The summed E-state index contributed by atoms with van der Waals surface area (Å²) in [5.41, 5.74) is 1.95. The van der Waals surface area contributed by atoms with Gasteiger partial charge in [0.2, 0.25) is 0 Å². The van der Waals surface area contributed by atoms with Gasteiger partial charge in [-0.2, -0.15) is 0 Å². The molecule has 2 aliphatic rings. The lowest BCUT2D eigenvalue weighted by molar-refractivity contribution is 0.0725. The highest BCUT2D eigenvalue weighted by molar-refractivity contribution is 5.95. The zero-order chi connectivity index (χ0) is 18.8. The highest BCUT2D eigenvalue weighted by Gasteiger charge is 2.43. The number of hydrogen-bond acceptors (Lipinski definition) is 4. The molecular formula is C22H27N3O2. The van der Waals surface area contributed by atoms with E-state index in [9.17, 15) is 4.79 Å². The van der Waals surface area contributed by atoms with Gasteiger partial charge >= 0.3 is 0 Å². The van der Waals surface area contributed by atoms with Gasteiger partial charge in [-0.25, -0.2) is 0 Å². The van der Waals surface area contributed by atoms with Gasteiger partial charge in [0.05, 0.1) is 6.10 Å². The van der Waals surface area contributed by atoms with Gasteiger partial charge in [0.15, 0.2) is 0 Å². The predicted octanol–water partition coefficient (Wildman–Crippen LogP) is 3.22. The second-order valence-corrected chi connectivity index (χ2v) is 7.86. The number of benzene rings is 1. The summed E-state index contributed by atoms with van der Waals surface area (Å²) in [4.78, 5) is 21.9. The Kier molecular flexibility index (Phi) is 5.12. The molecule has 27 heavy (non-hydrogen) atoms. The first-order valence-corrected chi connectivity index (χ1v) is 9.79. The van der Waals surface area contributed by atoms with E-state index in [4.69, 9.17) is 4.74 Å². The molecule has 1 amide bonds. The second kappa shape index (κ2) is 7.69. The highest BCUT2D eigenvalue weighted by Crippen LogP contribution is 2.33. The van der Waals surface area contributed by atoms with Gasteiger partial charge in [-0.1, -0.05) is 12.1 Å². The lowest BCUT2D eigenvalue weighted by Gasteiger charge is -2.25. The first-order valence-electron chi connectivity index (χ1n) is 9.79. The van der Waals surface area contributed by atoms with E-state index in [1.807, 2.05) is 50.4 Å². The van der Waals surface area contributed by atoms with Crippen LogP contribution in [0.2, 0.25) is 0 Å². The van der Waals surface area contributed by atoms with Gasteiger partial charge in [-0.3, -0.25) is 14.7 Å². The molecule has 2 aromatic rings. The van der Waals surface area contributed by atoms with Crippen molar-refractivity contribution >= 4 is 5.91 Å². The van der Waals surface area contributed by atoms with Crippen molar-refractivity contribution in [1.82, 2.24) is 14.8 Å². The van der Waals surface area contributed by atoms with Crippen molar-refractivity contribution in [1.29, 1.82) is 0 Å². The fourth-order valence-corrected chi connectivity index (χ4v) is 4.32. The average molecular weight is 365 g/mol. The Balaban J connectivity index is 1.43. The molecule has 0 bridgehead atoms. The number of ether oxygens (including phenoxy) is 1. The van der Waals surface area contributed by atoms with Gasteiger partial charge in [0.1, 0.15) is 5.75 Å². The largest absolute Gasteiger partial charge is 0.491 e. The van der Waals surface area contributed by atoms with Crippen molar-refractivity contribution in [3.8, 4) is 5.75 Å². The molecule has 0 aliphatic carbocycles. The normalized spacial score (nSPS) is 22.3. The van der Waals surface area contributed by atoms with E-state index in [1.54, 1.807) is 6.20 Å². The van der Waals surface area contributed by atoms with Crippen molar-refractivity contribution in [2.75, 3.05) is 19.6 Å². The number of pyridine rings is 1. The SMILES string of the molecule is CC(C)Oc1cccc(C(=O)N2CC[C@H]3CN(Cc4cccnc4)C[C@H]32)c1. The number of amides is 1. The van der Waals surface area contributed by atoms with Crippen molar-refractivity contribution < 1.29 is 9.53 Å². The number of nitrogens with zero attached hydrogens (tertiary/aromatic N) is 3. The predicted molar refractivity (Wildman–Crippen MR) is 105 cm³/mol. The lowest BCUT2D eigenvalue weighted by Crippen LogP contribution is -2.39. The molecular weight excluding hydrogens is 338 g/mol. The number of carbonyl (C=O) groups excluding carboxylic acids is 1. The standard InChI is InChI=1S/C22H27N3O2/c1-16(2)27-20-7-3-6-18(11-20)22(26)25-10-8-19-14-24(15-21(19)25)13-17-5-4-9-23-12-17/h3-7,9,11-12,16,19,21H,8,10,13-15H2,1-2H3/t19-,21+/m0/s1. The van der Waals surface area contributed by atoms with Crippen LogP contribution < -0.4 is 4.74 Å². The minimum atomic E-state index is 0.0994. The minimum Gasteiger partial charge on any atom is -0.491 e. The van der Waals surface area contributed by atoms with Gasteiger partial charge in [0.25, 0.3) is 5.91 Å². The summed E-state index contributed by atoms with van der Waals surface area (Å²) < 4.78 is 5.75. The zero-order valence-corrected chi connectivity index (χ0v) is 16.0. The van der Waals surface area contributed by atoms with E-state index < -0.39 is 0 Å². The molecule has 4 rings (SSSR count).